The van der Waals surface area contributed by atoms with Gasteiger partial charge in [0.25, 0.3) is 5.91 Å². The first kappa shape index (κ1) is 13.8. The summed E-state index contributed by atoms with van der Waals surface area (Å²) in [6, 6.07) is 5.79. The lowest BCUT2D eigenvalue weighted by molar-refractivity contribution is 0.0690. The third kappa shape index (κ3) is 3.69. The molecule has 1 fully saturated rings. The second-order valence-corrected chi connectivity index (χ2v) is 5.43. The lowest BCUT2D eigenvalue weighted by Crippen LogP contribution is -2.39. The molecule has 0 saturated heterocycles. The van der Waals surface area contributed by atoms with Crippen LogP contribution in [0, 0.1) is 5.92 Å². The maximum atomic E-state index is 12.5. The predicted octanol–water partition coefficient (Wildman–Crippen LogP) is 2.77. The molecule has 0 unspecified atom stereocenters. The van der Waals surface area contributed by atoms with Crippen molar-refractivity contribution in [2.75, 3.05) is 18.4 Å². The Labute approximate surface area is 115 Å². The summed E-state index contributed by atoms with van der Waals surface area (Å²) in [4.78, 5) is 18.9. The van der Waals surface area contributed by atoms with Crippen LogP contribution in [-0.4, -0.2) is 34.9 Å². The van der Waals surface area contributed by atoms with E-state index in [-0.39, 0.29) is 11.9 Å². The van der Waals surface area contributed by atoms with E-state index >= 15 is 0 Å². The Balaban J connectivity index is 2.12. The molecule has 4 heteroatoms. The normalized spacial score (nSPS) is 14.5. The van der Waals surface area contributed by atoms with E-state index in [4.69, 9.17) is 0 Å². The van der Waals surface area contributed by atoms with Crippen LogP contribution in [-0.2, 0) is 0 Å². The number of carbonyl (C=O) groups is 1. The minimum Gasteiger partial charge on any atom is -0.370 e. The van der Waals surface area contributed by atoms with Crippen molar-refractivity contribution in [2.24, 2.45) is 5.92 Å². The fraction of sp³-hybridized carbons (Fsp3) is 0.600. The molecule has 4 nitrogen and oxygen atoms in total. The third-order valence-corrected chi connectivity index (χ3v) is 3.36. The second kappa shape index (κ2) is 6.04. The zero-order valence-electron chi connectivity index (χ0n) is 12.0. The zero-order valence-corrected chi connectivity index (χ0v) is 12.0. The van der Waals surface area contributed by atoms with Gasteiger partial charge in [0.1, 0.15) is 11.5 Å². The van der Waals surface area contributed by atoms with E-state index in [2.05, 4.69) is 24.1 Å². The van der Waals surface area contributed by atoms with Gasteiger partial charge >= 0.3 is 0 Å². The quantitative estimate of drug-likeness (QED) is 0.856. The Hall–Kier alpha value is -1.58. The molecule has 1 N–H and O–H groups in total. The topological polar surface area (TPSA) is 45.2 Å². The summed E-state index contributed by atoms with van der Waals surface area (Å²) >= 11 is 0. The third-order valence-electron chi connectivity index (χ3n) is 3.36. The molecule has 1 aromatic rings. The van der Waals surface area contributed by atoms with Crippen LogP contribution in [0.25, 0.3) is 0 Å². The van der Waals surface area contributed by atoms with Crippen LogP contribution in [0.4, 0.5) is 5.82 Å². The van der Waals surface area contributed by atoms with Gasteiger partial charge in [0.15, 0.2) is 0 Å². The van der Waals surface area contributed by atoms with Crippen molar-refractivity contribution in [1.29, 1.82) is 0 Å². The number of amides is 1. The van der Waals surface area contributed by atoms with Crippen molar-refractivity contribution >= 4 is 11.7 Å². The van der Waals surface area contributed by atoms with E-state index in [1.807, 2.05) is 24.0 Å². The SMILES string of the molecule is CCNc1cccc(C(=O)N(CC2CC2)C(C)C)n1. The van der Waals surface area contributed by atoms with Crippen LogP contribution in [0.5, 0.6) is 0 Å². The molecule has 2 rings (SSSR count). The molecule has 1 aliphatic rings. The van der Waals surface area contributed by atoms with Gasteiger partial charge in [0.2, 0.25) is 0 Å². The molecule has 1 aliphatic carbocycles. The highest BCUT2D eigenvalue weighted by atomic mass is 16.2. The van der Waals surface area contributed by atoms with Crippen LogP contribution in [0.1, 0.15) is 44.1 Å². The largest absolute Gasteiger partial charge is 0.370 e. The number of nitrogens with one attached hydrogen (secondary N) is 1. The molecule has 0 bridgehead atoms. The molecule has 0 aromatic carbocycles. The van der Waals surface area contributed by atoms with E-state index in [9.17, 15) is 4.79 Å². The first-order valence-corrected chi connectivity index (χ1v) is 7.13. The van der Waals surface area contributed by atoms with Crippen LogP contribution in [0.2, 0.25) is 0 Å². The van der Waals surface area contributed by atoms with Gasteiger partial charge in [-0.1, -0.05) is 6.07 Å². The summed E-state index contributed by atoms with van der Waals surface area (Å²) in [6.07, 6.45) is 2.50. The van der Waals surface area contributed by atoms with Gasteiger partial charge in [0, 0.05) is 19.1 Å². The minimum absolute atomic E-state index is 0.0432. The summed E-state index contributed by atoms with van der Waals surface area (Å²) in [5.74, 6) is 1.51. The summed E-state index contributed by atoms with van der Waals surface area (Å²) in [5, 5.41) is 3.14. The van der Waals surface area contributed by atoms with Gasteiger partial charge in [-0.3, -0.25) is 4.79 Å². The van der Waals surface area contributed by atoms with Crippen LogP contribution < -0.4 is 5.32 Å². The number of rotatable bonds is 6. The average Bonchev–Trinajstić information content (AvgIpc) is 3.19. The Bertz CT molecular complexity index is 441. The molecular weight excluding hydrogens is 238 g/mol. The summed E-state index contributed by atoms with van der Waals surface area (Å²) in [7, 11) is 0. The number of carbonyl (C=O) groups excluding carboxylic acids is 1. The van der Waals surface area contributed by atoms with Crippen LogP contribution in [0.15, 0.2) is 18.2 Å². The van der Waals surface area contributed by atoms with Crippen molar-refractivity contribution < 1.29 is 4.79 Å². The Morgan fingerprint density at radius 1 is 1.47 bits per heavy atom. The Morgan fingerprint density at radius 2 is 2.21 bits per heavy atom. The predicted molar refractivity (Wildman–Crippen MR) is 77.3 cm³/mol. The molecule has 0 radical (unpaired) electrons. The van der Waals surface area contributed by atoms with Gasteiger partial charge in [-0.2, -0.15) is 0 Å². The molecule has 1 aromatic heterocycles. The molecule has 1 heterocycles. The van der Waals surface area contributed by atoms with Gasteiger partial charge in [-0.05, 0) is 51.7 Å². The van der Waals surface area contributed by atoms with Crippen LogP contribution >= 0.6 is 0 Å². The molecule has 0 spiro atoms. The van der Waals surface area contributed by atoms with E-state index in [0.717, 1.165) is 18.9 Å². The number of pyridine rings is 1. The van der Waals surface area contributed by atoms with Gasteiger partial charge in [0.05, 0.1) is 0 Å². The van der Waals surface area contributed by atoms with Gasteiger partial charge < -0.3 is 10.2 Å². The lowest BCUT2D eigenvalue weighted by Gasteiger charge is -2.26. The second-order valence-electron chi connectivity index (χ2n) is 5.43. The Morgan fingerprint density at radius 3 is 2.79 bits per heavy atom. The zero-order chi connectivity index (χ0) is 13.8. The van der Waals surface area contributed by atoms with Crippen molar-refractivity contribution in [3.63, 3.8) is 0 Å². The molecule has 1 amide bonds. The van der Waals surface area contributed by atoms with Gasteiger partial charge in [-0.25, -0.2) is 4.98 Å². The van der Waals surface area contributed by atoms with E-state index in [0.29, 0.717) is 11.6 Å². The first-order valence-electron chi connectivity index (χ1n) is 7.13. The standard InChI is InChI=1S/C15H23N3O/c1-4-16-14-7-5-6-13(17-14)15(19)18(11(2)3)10-12-8-9-12/h5-7,11-12H,4,8-10H2,1-3H3,(H,16,17). The first-order chi connectivity index (χ1) is 9.11. The molecule has 0 aliphatic heterocycles. The lowest BCUT2D eigenvalue weighted by atomic mass is 10.2. The fourth-order valence-corrected chi connectivity index (χ4v) is 2.09. The number of aromatic nitrogens is 1. The fourth-order valence-electron chi connectivity index (χ4n) is 2.09. The molecule has 104 valence electrons. The van der Waals surface area contributed by atoms with E-state index in [1.54, 1.807) is 6.07 Å². The molecule has 19 heavy (non-hydrogen) atoms. The highest BCUT2D eigenvalue weighted by molar-refractivity contribution is 5.92. The summed E-state index contributed by atoms with van der Waals surface area (Å²) < 4.78 is 0. The Kier molecular flexibility index (Phi) is 4.40. The maximum Gasteiger partial charge on any atom is 0.272 e. The smallest absolute Gasteiger partial charge is 0.272 e. The molecule has 0 atom stereocenters. The summed E-state index contributed by atoms with van der Waals surface area (Å²) in [6.45, 7) is 7.82. The molecular formula is C15H23N3O. The number of hydrogen-bond donors (Lipinski definition) is 1. The van der Waals surface area contributed by atoms with Crippen molar-refractivity contribution in [3.05, 3.63) is 23.9 Å². The highest BCUT2D eigenvalue weighted by Gasteiger charge is 2.29. The average molecular weight is 261 g/mol. The molecule has 1 saturated carbocycles. The van der Waals surface area contributed by atoms with Crippen molar-refractivity contribution in [3.8, 4) is 0 Å². The number of nitrogens with zero attached hydrogens (tertiary/aromatic N) is 2. The van der Waals surface area contributed by atoms with Crippen LogP contribution in [0.3, 0.4) is 0 Å². The van der Waals surface area contributed by atoms with Gasteiger partial charge in [-0.15, -0.1) is 0 Å². The summed E-state index contributed by atoms with van der Waals surface area (Å²) in [5.41, 5.74) is 0.535. The number of hydrogen-bond acceptors (Lipinski definition) is 3. The van der Waals surface area contributed by atoms with E-state index < -0.39 is 0 Å². The monoisotopic (exact) mass is 261 g/mol. The minimum atomic E-state index is 0.0432. The van der Waals surface area contributed by atoms with Crippen molar-refractivity contribution in [1.82, 2.24) is 9.88 Å². The number of anilines is 1. The highest BCUT2D eigenvalue weighted by Crippen LogP contribution is 2.30. The maximum absolute atomic E-state index is 12.5. The van der Waals surface area contributed by atoms with Crippen molar-refractivity contribution in [2.45, 2.75) is 39.7 Å². The van der Waals surface area contributed by atoms with E-state index in [1.165, 1.54) is 12.8 Å².